The zero-order chi connectivity index (χ0) is 19.8. The highest BCUT2D eigenvalue weighted by atomic mass is 35.5. The van der Waals surface area contributed by atoms with E-state index in [-0.39, 0.29) is 28.4 Å². The molecule has 1 saturated heterocycles. The average molecular weight is 408 g/mol. The third kappa shape index (κ3) is 3.91. The maximum atomic E-state index is 12.5. The van der Waals surface area contributed by atoms with E-state index in [9.17, 15) is 18.0 Å². The number of halogens is 1. The molecule has 7 nitrogen and oxygen atoms in total. The van der Waals surface area contributed by atoms with Gasteiger partial charge in [0, 0.05) is 31.9 Å². The summed E-state index contributed by atoms with van der Waals surface area (Å²) in [6, 6.07) is 11.4. The first-order chi connectivity index (χ1) is 12.7. The summed E-state index contributed by atoms with van der Waals surface area (Å²) < 4.78 is 24.7. The van der Waals surface area contributed by atoms with Crippen LogP contribution in [0.15, 0.2) is 42.5 Å². The number of nitrogens with zero attached hydrogens (tertiary/aromatic N) is 2. The van der Waals surface area contributed by atoms with E-state index in [0.29, 0.717) is 5.69 Å². The first-order valence-electron chi connectivity index (χ1n) is 8.13. The number of sulfonamides is 1. The fourth-order valence-electron chi connectivity index (χ4n) is 2.72. The minimum Gasteiger partial charge on any atom is -0.378 e. The molecule has 0 saturated carbocycles. The number of rotatable bonds is 4. The van der Waals surface area contributed by atoms with Crippen LogP contribution in [0.3, 0.4) is 0 Å². The Morgan fingerprint density at radius 2 is 1.81 bits per heavy atom. The molecular weight excluding hydrogens is 390 g/mol. The van der Waals surface area contributed by atoms with Crippen molar-refractivity contribution in [2.24, 2.45) is 0 Å². The lowest BCUT2D eigenvalue weighted by molar-refractivity contribution is -0.116. The Morgan fingerprint density at radius 3 is 2.33 bits per heavy atom. The van der Waals surface area contributed by atoms with Crippen LogP contribution in [0.2, 0.25) is 5.02 Å². The summed E-state index contributed by atoms with van der Waals surface area (Å²) in [5, 5.41) is 2.80. The van der Waals surface area contributed by atoms with Crippen LogP contribution in [-0.4, -0.2) is 40.1 Å². The van der Waals surface area contributed by atoms with Crippen molar-refractivity contribution in [2.45, 2.75) is 6.42 Å². The van der Waals surface area contributed by atoms with Crippen LogP contribution in [0.5, 0.6) is 0 Å². The lowest BCUT2D eigenvalue weighted by atomic mass is 10.1. The molecule has 1 heterocycles. The normalized spacial score (nSPS) is 15.7. The van der Waals surface area contributed by atoms with Crippen LogP contribution in [0, 0.1) is 0 Å². The zero-order valence-corrected chi connectivity index (χ0v) is 16.3. The summed E-state index contributed by atoms with van der Waals surface area (Å²) in [5.74, 6) is -1.17. The SMILES string of the molecule is CN(C)c1ccc(NC(=O)c2ccc(N3C(=O)CCS3(=O)=O)cc2Cl)cc1. The molecule has 3 rings (SSSR count). The van der Waals surface area contributed by atoms with Crippen molar-refractivity contribution in [3.8, 4) is 0 Å². The van der Waals surface area contributed by atoms with Gasteiger partial charge in [-0.05, 0) is 42.5 Å². The average Bonchev–Trinajstić information content (AvgIpc) is 2.88. The summed E-state index contributed by atoms with van der Waals surface area (Å²) in [5.41, 5.74) is 1.91. The molecule has 0 spiro atoms. The highest BCUT2D eigenvalue weighted by Gasteiger charge is 2.36. The summed E-state index contributed by atoms with van der Waals surface area (Å²) in [4.78, 5) is 26.3. The molecule has 1 fully saturated rings. The van der Waals surface area contributed by atoms with E-state index in [4.69, 9.17) is 11.6 Å². The van der Waals surface area contributed by atoms with Gasteiger partial charge in [0.1, 0.15) is 0 Å². The van der Waals surface area contributed by atoms with Crippen molar-refractivity contribution in [1.82, 2.24) is 0 Å². The standard InChI is InChI=1S/C18H18ClN3O4S/c1-21(2)13-5-3-12(4-6-13)20-18(24)15-8-7-14(11-16(15)19)22-17(23)9-10-27(22,25)26/h3-8,11H,9-10H2,1-2H3,(H,20,24). The minimum atomic E-state index is -3.68. The monoisotopic (exact) mass is 407 g/mol. The molecule has 2 aromatic carbocycles. The second-order valence-electron chi connectivity index (χ2n) is 6.28. The molecule has 0 atom stereocenters. The molecule has 0 aliphatic carbocycles. The van der Waals surface area contributed by atoms with Crippen LogP contribution >= 0.6 is 11.6 Å². The molecule has 2 aromatic rings. The highest BCUT2D eigenvalue weighted by Crippen LogP contribution is 2.30. The van der Waals surface area contributed by atoms with E-state index in [0.717, 1.165) is 9.99 Å². The third-order valence-corrected chi connectivity index (χ3v) is 6.16. The Hall–Kier alpha value is -2.58. The van der Waals surface area contributed by atoms with Gasteiger partial charge in [-0.25, -0.2) is 12.7 Å². The van der Waals surface area contributed by atoms with Gasteiger partial charge in [0.25, 0.3) is 5.91 Å². The molecule has 142 valence electrons. The van der Waals surface area contributed by atoms with Crippen LogP contribution in [0.1, 0.15) is 16.8 Å². The van der Waals surface area contributed by atoms with Gasteiger partial charge in [-0.3, -0.25) is 9.59 Å². The van der Waals surface area contributed by atoms with Crippen molar-refractivity contribution in [3.05, 3.63) is 53.1 Å². The number of nitrogens with one attached hydrogen (secondary N) is 1. The van der Waals surface area contributed by atoms with E-state index in [1.165, 1.54) is 18.2 Å². The van der Waals surface area contributed by atoms with Gasteiger partial charge in [0.05, 0.1) is 22.0 Å². The molecule has 2 amide bonds. The zero-order valence-electron chi connectivity index (χ0n) is 14.8. The quantitative estimate of drug-likeness (QED) is 0.842. The van der Waals surface area contributed by atoms with E-state index in [1.54, 1.807) is 12.1 Å². The van der Waals surface area contributed by atoms with E-state index < -0.39 is 21.8 Å². The number of hydrogen-bond donors (Lipinski definition) is 1. The molecule has 0 unspecified atom stereocenters. The maximum Gasteiger partial charge on any atom is 0.257 e. The molecular formula is C18H18ClN3O4S. The number of benzene rings is 2. The predicted molar refractivity (Wildman–Crippen MR) is 106 cm³/mol. The van der Waals surface area contributed by atoms with E-state index in [1.807, 2.05) is 31.1 Å². The fourth-order valence-corrected chi connectivity index (χ4v) is 4.44. The smallest absolute Gasteiger partial charge is 0.257 e. The van der Waals surface area contributed by atoms with Gasteiger partial charge in [0.2, 0.25) is 15.9 Å². The summed E-state index contributed by atoms with van der Waals surface area (Å²) in [6.45, 7) is 0. The molecule has 1 aliphatic rings. The van der Waals surface area contributed by atoms with E-state index >= 15 is 0 Å². The number of carbonyl (C=O) groups excluding carboxylic acids is 2. The minimum absolute atomic E-state index is 0.0600. The Labute approximate surface area is 162 Å². The number of amides is 2. The number of hydrogen-bond acceptors (Lipinski definition) is 5. The van der Waals surface area contributed by atoms with Gasteiger partial charge in [-0.15, -0.1) is 0 Å². The van der Waals surface area contributed by atoms with E-state index in [2.05, 4.69) is 5.32 Å². The Bertz CT molecular complexity index is 1000. The van der Waals surface area contributed by atoms with Gasteiger partial charge in [0.15, 0.2) is 0 Å². The summed E-state index contributed by atoms with van der Waals surface area (Å²) in [6.07, 6.45) is -0.0644. The lowest BCUT2D eigenvalue weighted by Crippen LogP contribution is -2.29. The van der Waals surface area contributed by atoms with Gasteiger partial charge < -0.3 is 10.2 Å². The maximum absolute atomic E-state index is 12.5. The predicted octanol–water partition coefficient (Wildman–Crippen LogP) is 2.72. The first-order valence-corrected chi connectivity index (χ1v) is 10.1. The lowest BCUT2D eigenvalue weighted by Gasteiger charge is -2.16. The van der Waals surface area contributed by atoms with Crippen molar-refractivity contribution >= 4 is 50.5 Å². The molecule has 0 bridgehead atoms. The van der Waals surface area contributed by atoms with Crippen LogP contribution in [0.25, 0.3) is 0 Å². The highest BCUT2D eigenvalue weighted by molar-refractivity contribution is 7.94. The molecule has 9 heteroatoms. The van der Waals surface area contributed by atoms with Gasteiger partial charge >= 0.3 is 0 Å². The summed E-state index contributed by atoms with van der Waals surface area (Å²) in [7, 11) is 0.156. The Balaban J connectivity index is 1.81. The van der Waals surface area contributed by atoms with Crippen molar-refractivity contribution in [2.75, 3.05) is 34.4 Å². The number of carbonyl (C=O) groups is 2. The second kappa shape index (κ2) is 7.21. The molecule has 27 heavy (non-hydrogen) atoms. The second-order valence-corrected chi connectivity index (χ2v) is 8.63. The van der Waals surface area contributed by atoms with Crippen molar-refractivity contribution in [3.63, 3.8) is 0 Å². The molecule has 0 radical (unpaired) electrons. The van der Waals surface area contributed by atoms with Crippen LogP contribution < -0.4 is 14.5 Å². The third-order valence-electron chi connectivity index (χ3n) is 4.15. The van der Waals surface area contributed by atoms with Crippen LogP contribution in [0.4, 0.5) is 17.1 Å². The van der Waals surface area contributed by atoms with Crippen molar-refractivity contribution < 1.29 is 18.0 Å². The molecule has 0 aromatic heterocycles. The molecule has 1 N–H and O–H groups in total. The Morgan fingerprint density at radius 1 is 1.15 bits per heavy atom. The summed E-state index contributed by atoms with van der Waals surface area (Å²) >= 11 is 6.18. The van der Waals surface area contributed by atoms with Crippen molar-refractivity contribution in [1.29, 1.82) is 0 Å². The Kier molecular flexibility index (Phi) is 5.12. The largest absolute Gasteiger partial charge is 0.378 e. The van der Waals surface area contributed by atoms with Crippen LogP contribution in [-0.2, 0) is 14.8 Å². The van der Waals surface area contributed by atoms with Gasteiger partial charge in [-0.1, -0.05) is 11.6 Å². The fraction of sp³-hybridized carbons (Fsp3) is 0.222. The van der Waals surface area contributed by atoms with Gasteiger partial charge in [-0.2, -0.15) is 0 Å². The first kappa shape index (κ1) is 19.2. The number of anilines is 3. The molecule has 1 aliphatic heterocycles. The topological polar surface area (TPSA) is 86.8 Å².